The van der Waals surface area contributed by atoms with Crippen LogP contribution in [0.5, 0.6) is 0 Å². The van der Waals surface area contributed by atoms with Gasteiger partial charge in [-0.2, -0.15) is 36.4 Å². The Morgan fingerprint density at radius 1 is 0.765 bits per heavy atom. The summed E-state index contributed by atoms with van der Waals surface area (Å²) in [7, 11) is 0. The van der Waals surface area contributed by atoms with E-state index in [1.807, 2.05) is 30.3 Å². The average Bonchev–Trinajstić information content (AvgIpc) is 2.41. The molecule has 0 aliphatic heterocycles. The smallest absolute Gasteiger partial charge is 0 e. The van der Waals surface area contributed by atoms with Gasteiger partial charge in [0.1, 0.15) is 0 Å². The Labute approximate surface area is 119 Å². The van der Waals surface area contributed by atoms with Crippen LogP contribution in [-0.4, -0.2) is 0 Å². The Bertz CT molecular complexity index is 315. The molecule has 90 valence electrons. The van der Waals surface area contributed by atoms with E-state index in [-0.39, 0.29) is 21.1 Å². The summed E-state index contributed by atoms with van der Waals surface area (Å²) < 4.78 is 0. The van der Waals surface area contributed by atoms with Gasteiger partial charge in [0.2, 0.25) is 0 Å². The largest absolute Gasteiger partial charge is 0.184 e. The predicted molar refractivity (Wildman–Crippen MR) is 70.5 cm³/mol. The van der Waals surface area contributed by atoms with Gasteiger partial charge in [-0.05, 0) is 24.0 Å². The van der Waals surface area contributed by atoms with Gasteiger partial charge in [-0.1, -0.05) is 38.1 Å². The van der Waals surface area contributed by atoms with E-state index < -0.39 is 0 Å². The Morgan fingerprint density at radius 3 is 1.35 bits per heavy atom. The van der Waals surface area contributed by atoms with Crippen molar-refractivity contribution in [1.82, 2.24) is 0 Å². The minimum absolute atomic E-state index is 0. The van der Waals surface area contributed by atoms with Gasteiger partial charge in [0.25, 0.3) is 0 Å². The third-order valence-corrected chi connectivity index (χ3v) is 2.45. The maximum absolute atomic E-state index is 2.89. The first-order valence-electron chi connectivity index (χ1n) is 5.85. The first-order chi connectivity index (χ1) is 7.86. The molecule has 0 unspecified atom stereocenters. The molecule has 0 aliphatic carbocycles. The Morgan fingerprint density at radius 2 is 1.18 bits per heavy atom. The molecule has 0 spiro atoms. The molecule has 17 heavy (non-hydrogen) atoms. The van der Waals surface area contributed by atoms with Crippen LogP contribution in [0, 0.1) is 6.07 Å². The second-order valence-electron chi connectivity index (χ2n) is 3.60. The molecule has 0 heterocycles. The van der Waals surface area contributed by atoms with E-state index in [2.05, 4.69) is 44.2 Å². The minimum atomic E-state index is 0. The first kappa shape index (κ1) is 16.1. The number of hydrogen-bond acceptors (Lipinski definition) is 0. The van der Waals surface area contributed by atoms with Gasteiger partial charge in [-0.25, -0.2) is 0 Å². The Hall–Kier alpha value is -0.872. The van der Waals surface area contributed by atoms with Crippen molar-refractivity contribution in [2.75, 3.05) is 0 Å². The van der Waals surface area contributed by atoms with Crippen LogP contribution in [0.2, 0.25) is 0 Å². The van der Waals surface area contributed by atoms with E-state index in [1.54, 1.807) is 0 Å². The van der Waals surface area contributed by atoms with Crippen LogP contribution in [0.1, 0.15) is 25.0 Å². The van der Waals surface area contributed by atoms with Crippen molar-refractivity contribution in [2.24, 2.45) is 0 Å². The third kappa shape index (κ3) is 7.13. The van der Waals surface area contributed by atoms with E-state index in [4.69, 9.17) is 0 Å². The van der Waals surface area contributed by atoms with E-state index in [1.165, 1.54) is 11.1 Å². The van der Waals surface area contributed by atoms with Crippen LogP contribution in [0.3, 0.4) is 0 Å². The number of rotatable bonds is 2. The van der Waals surface area contributed by atoms with Crippen molar-refractivity contribution in [3.8, 4) is 0 Å². The minimum Gasteiger partial charge on any atom is -0.184 e. The molecule has 0 aromatic heterocycles. The summed E-state index contributed by atoms with van der Waals surface area (Å²) in [5.74, 6) is 0. The van der Waals surface area contributed by atoms with Crippen LogP contribution in [0.15, 0.2) is 54.6 Å². The fraction of sp³-hybridized carbons (Fsp3) is 0.250. The van der Waals surface area contributed by atoms with Crippen molar-refractivity contribution >= 4 is 0 Å². The summed E-state index contributed by atoms with van der Waals surface area (Å²) in [6, 6.07) is 21.3. The van der Waals surface area contributed by atoms with Crippen molar-refractivity contribution in [3.63, 3.8) is 0 Å². The molecule has 0 N–H and O–H groups in total. The van der Waals surface area contributed by atoms with Crippen molar-refractivity contribution < 1.29 is 21.1 Å². The maximum Gasteiger partial charge on any atom is 0 e. The number of aryl methyl sites for hydroxylation is 2. The first-order valence-corrected chi connectivity index (χ1v) is 5.85. The molecule has 0 saturated heterocycles. The Balaban J connectivity index is 0.000000316. The van der Waals surface area contributed by atoms with E-state index in [0.717, 1.165) is 12.8 Å². The molecule has 0 atom stereocenters. The van der Waals surface area contributed by atoms with Gasteiger partial charge in [0, 0.05) is 21.1 Å². The molecule has 0 bridgehead atoms. The Kier molecular flexibility index (Phi) is 9.77. The van der Waals surface area contributed by atoms with Gasteiger partial charge in [0.05, 0.1) is 0 Å². The van der Waals surface area contributed by atoms with Gasteiger partial charge in [0.15, 0.2) is 0 Å². The summed E-state index contributed by atoms with van der Waals surface area (Å²) in [6.45, 7) is 4.36. The number of hydrogen-bond donors (Lipinski definition) is 0. The van der Waals surface area contributed by atoms with Crippen LogP contribution in [0.25, 0.3) is 0 Å². The maximum atomic E-state index is 2.89. The molecule has 0 aliphatic rings. The number of benzene rings is 2. The molecular weight excluding hydrogens is 288 g/mol. The monoisotopic (exact) mass is 309 g/mol. The average molecular weight is 307 g/mol. The predicted octanol–water partition coefficient (Wildman–Crippen LogP) is 4.30. The van der Waals surface area contributed by atoms with Gasteiger partial charge < -0.3 is 0 Å². The van der Waals surface area contributed by atoms with Crippen LogP contribution in [-0.2, 0) is 33.9 Å². The van der Waals surface area contributed by atoms with E-state index in [0.29, 0.717) is 0 Å². The zero-order chi connectivity index (χ0) is 11.6. The van der Waals surface area contributed by atoms with E-state index >= 15 is 0 Å². The topological polar surface area (TPSA) is 0 Å². The summed E-state index contributed by atoms with van der Waals surface area (Å²) in [5.41, 5.74) is 2.86. The van der Waals surface area contributed by atoms with Crippen molar-refractivity contribution in [1.29, 1.82) is 0 Å². The standard InChI is InChI=1S/C10H14.C6H5.Mo/c1-3-9-5-7-10(4-2)8-6-9;1-2-4-6-5-3-1;/h5-8H,3-4H2,1-2H3;1-5H;/q;-1;. The van der Waals surface area contributed by atoms with Crippen molar-refractivity contribution in [3.05, 3.63) is 71.8 Å². The fourth-order valence-corrected chi connectivity index (χ4v) is 1.35. The molecule has 2 rings (SSSR count). The summed E-state index contributed by atoms with van der Waals surface area (Å²) >= 11 is 0. The van der Waals surface area contributed by atoms with Crippen LogP contribution < -0.4 is 0 Å². The molecule has 0 fully saturated rings. The van der Waals surface area contributed by atoms with Crippen LogP contribution in [0.4, 0.5) is 0 Å². The zero-order valence-electron chi connectivity index (χ0n) is 10.5. The second-order valence-corrected chi connectivity index (χ2v) is 3.60. The molecule has 0 radical (unpaired) electrons. The second kappa shape index (κ2) is 10.3. The summed E-state index contributed by atoms with van der Waals surface area (Å²) in [4.78, 5) is 0. The fourth-order valence-electron chi connectivity index (χ4n) is 1.35. The zero-order valence-corrected chi connectivity index (χ0v) is 12.5. The van der Waals surface area contributed by atoms with Gasteiger partial charge in [-0.15, -0.1) is 0 Å². The van der Waals surface area contributed by atoms with Gasteiger partial charge >= 0.3 is 0 Å². The van der Waals surface area contributed by atoms with Crippen molar-refractivity contribution in [2.45, 2.75) is 26.7 Å². The molecule has 0 amide bonds. The normalized spacial score (nSPS) is 8.59. The van der Waals surface area contributed by atoms with Gasteiger partial charge in [-0.3, -0.25) is 0 Å². The SMILES string of the molecule is CCc1ccc(CC)cc1.[Mo].[c-]1ccccc1. The van der Waals surface area contributed by atoms with Crippen LogP contribution >= 0.6 is 0 Å². The molecule has 0 nitrogen and oxygen atoms in total. The quantitative estimate of drug-likeness (QED) is 0.573. The molecular formula is C16H19Mo-. The molecule has 1 heteroatoms. The van der Waals surface area contributed by atoms with E-state index in [9.17, 15) is 0 Å². The molecule has 2 aromatic carbocycles. The summed E-state index contributed by atoms with van der Waals surface area (Å²) in [5, 5.41) is 0. The molecule has 0 saturated carbocycles. The molecule has 2 aromatic rings. The third-order valence-electron chi connectivity index (χ3n) is 2.45. The summed E-state index contributed by atoms with van der Waals surface area (Å²) in [6.07, 6.45) is 2.29.